The van der Waals surface area contributed by atoms with E-state index in [-0.39, 0.29) is 11.4 Å². The number of pyridine rings is 1. The number of aromatic nitrogens is 3. The third-order valence-corrected chi connectivity index (χ3v) is 2.24. The van der Waals surface area contributed by atoms with Gasteiger partial charge < -0.3 is 5.11 Å². The van der Waals surface area contributed by atoms with Crippen molar-refractivity contribution in [1.29, 1.82) is 0 Å². The molecule has 0 aliphatic heterocycles. The molecule has 0 aliphatic rings. The first-order valence-corrected chi connectivity index (χ1v) is 4.96. The van der Waals surface area contributed by atoms with Crippen LogP contribution in [-0.2, 0) is 0 Å². The lowest BCUT2D eigenvalue weighted by atomic mass is 10.2. The van der Waals surface area contributed by atoms with Crippen LogP contribution in [0.4, 0.5) is 4.39 Å². The van der Waals surface area contributed by atoms with Gasteiger partial charge in [-0.05, 0) is 22.0 Å². The van der Waals surface area contributed by atoms with Gasteiger partial charge in [-0.15, -0.1) is 0 Å². The monoisotopic (exact) mass is 285 g/mol. The molecule has 2 rings (SSSR count). The fourth-order valence-corrected chi connectivity index (χ4v) is 1.47. The molecule has 82 valence electrons. The zero-order valence-electron chi connectivity index (χ0n) is 7.76. The average Bonchev–Trinajstić information content (AvgIpc) is 2.64. The van der Waals surface area contributed by atoms with Crippen LogP contribution in [0.2, 0.25) is 0 Å². The lowest BCUT2D eigenvalue weighted by Crippen LogP contribution is -2.08. The van der Waals surface area contributed by atoms with Crippen LogP contribution in [0.15, 0.2) is 29.1 Å². The summed E-state index contributed by atoms with van der Waals surface area (Å²) in [7, 11) is 0. The zero-order valence-corrected chi connectivity index (χ0v) is 9.35. The number of aromatic carboxylic acids is 1. The van der Waals surface area contributed by atoms with Crippen molar-refractivity contribution in [3.8, 4) is 5.82 Å². The molecule has 16 heavy (non-hydrogen) atoms. The molecule has 0 saturated carbocycles. The van der Waals surface area contributed by atoms with Crippen molar-refractivity contribution in [3.05, 3.63) is 40.5 Å². The molecule has 2 aromatic rings. The topological polar surface area (TPSA) is 68.0 Å². The highest BCUT2D eigenvalue weighted by atomic mass is 79.9. The zero-order chi connectivity index (χ0) is 11.7. The third-order valence-electron chi connectivity index (χ3n) is 1.83. The third kappa shape index (κ3) is 1.94. The number of carbonyl (C=O) groups is 1. The van der Waals surface area contributed by atoms with Gasteiger partial charge >= 0.3 is 5.97 Å². The fourth-order valence-electron chi connectivity index (χ4n) is 1.19. The van der Waals surface area contributed by atoms with Crippen molar-refractivity contribution in [2.75, 3.05) is 0 Å². The summed E-state index contributed by atoms with van der Waals surface area (Å²) in [6.45, 7) is 0. The molecule has 0 fully saturated rings. The number of carboxylic acid groups (broad SMARTS) is 1. The minimum atomic E-state index is -1.26. The predicted octanol–water partition coefficient (Wildman–Crippen LogP) is 1.87. The van der Waals surface area contributed by atoms with Gasteiger partial charge in [0.15, 0.2) is 5.82 Å². The normalized spacial score (nSPS) is 10.4. The van der Waals surface area contributed by atoms with Gasteiger partial charge in [0.2, 0.25) is 0 Å². The lowest BCUT2D eigenvalue weighted by molar-refractivity contribution is 0.0695. The molecular weight excluding hydrogens is 281 g/mol. The van der Waals surface area contributed by atoms with Gasteiger partial charge in [0, 0.05) is 6.20 Å². The van der Waals surface area contributed by atoms with Crippen molar-refractivity contribution < 1.29 is 14.3 Å². The number of halogens is 2. The molecule has 0 aromatic carbocycles. The first-order valence-electron chi connectivity index (χ1n) is 4.17. The highest BCUT2D eigenvalue weighted by Gasteiger charge is 2.15. The maximum Gasteiger partial charge on any atom is 0.339 e. The molecule has 2 heterocycles. The van der Waals surface area contributed by atoms with E-state index in [1.165, 1.54) is 17.1 Å². The first kappa shape index (κ1) is 10.7. The van der Waals surface area contributed by atoms with Crippen molar-refractivity contribution in [2.24, 2.45) is 0 Å². The molecule has 0 atom stereocenters. The summed E-state index contributed by atoms with van der Waals surface area (Å²) in [4.78, 5) is 14.6. The Morgan fingerprint density at radius 2 is 2.25 bits per heavy atom. The Balaban J connectivity index is 2.60. The fraction of sp³-hybridized carbons (Fsp3) is 0. The van der Waals surface area contributed by atoms with Crippen molar-refractivity contribution in [1.82, 2.24) is 14.8 Å². The van der Waals surface area contributed by atoms with Gasteiger partial charge in [0.25, 0.3) is 0 Å². The second kappa shape index (κ2) is 4.01. The standard InChI is InChI=1S/C9H5BrFN3O2/c10-5-2-13-14(4-5)8-7(9(15)16)1-6(11)3-12-8/h1-4H,(H,15,16). The quantitative estimate of drug-likeness (QED) is 0.915. The van der Waals surface area contributed by atoms with Crippen LogP contribution >= 0.6 is 15.9 Å². The van der Waals surface area contributed by atoms with E-state index in [1.54, 1.807) is 0 Å². The molecular formula is C9H5BrFN3O2. The molecule has 7 heteroatoms. The highest BCUT2D eigenvalue weighted by molar-refractivity contribution is 9.10. The van der Waals surface area contributed by atoms with E-state index in [0.717, 1.165) is 12.3 Å². The molecule has 0 aliphatic carbocycles. The molecule has 0 saturated heterocycles. The van der Waals surface area contributed by atoms with Crippen LogP contribution in [0.1, 0.15) is 10.4 Å². The van der Waals surface area contributed by atoms with Crippen molar-refractivity contribution >= 4 is 21.9 Å². The van der Waals surface area contributed by atoms with E-state index in [9.17, 15) is 9.18 Å². The summed E-state index contributed by atoms with van der Waals surface area (Å²) in [5.41, 5.74) is -0.240. The van der Waals surface area contributed by atoms with Gasteiger partial charge in [-0.25, -0.2) is 18.9 Å². The highest BCUT2D eigenvalue weighted by Crippen LogP contribution is 2.15. The summed E-state index contributed by atoms with van der Waals surface area (Å²) >= 11 is 3.17. The minimum Gasteiger partial charge on any atom is -0.478 e. The van der Waals surface area contributed by atoms with E-state index in [0.29, 0.717) is 4.47 Å². The van der Waals surface area contributed by atoms with E-state index < -0.39 is 11.8 Å². The summed E-state index contributed by atoms with van der Waals surface area (Å²) in [6, 6.07) is 0.903. The van der Waals surface area contributed by atoms with Crippen LogP contribution in [-0.4, -0.2) is 25.8 Å². The van der Waals surface area contributed by atoms with E-state index >= 15 is 0 Å². The summed E-state index contributed by atoms with van der Waals surface area (Å²) < 4.78 is 14.8. The molecule has 0 unspecified atom stereocenters. The smallest absolute Gasteiger partial charge is 0.339 e. The van der Waals surface area contributed by atoms with Crippen LogP contribution in [0, 0.1) is 5.82 Å². The van der Waals surface area contributed by atoms with Crippen LogP contribution in [0.25, 0.3) is 5.82 Å². The number of hydrogen-bond acceptors (Lipinski definition) is 3. The van der Waals surface area contributed by atoms with E-state index in [2.05, 4.69) is 26.0 Å². The maximum atomic E-state index is 12.9. The van der Waals surface area contributed by atoms with Crippen LogP contribution in [0.5, 0.6) is 0 Å². The van der Waals surface area contributed by atoms with Crippen molar-refractivity contribution in [2.45, 2.75) is 0 Å². The molecule has 0 amide bonds. The van der Waals surface area contributed by atoms with Gasteiger partial charge in [-0.2, -0.15) is 5.10 Å². The summed E-state index contributed by atoms with van der Waals surface area (Å²) in [5, 5.41) is 12.8. The van der Waals surface area contributed by atoms with Gasteiger partial charge in [-0.1, -0.05) is 0 Å². The Kier molecular flexibility index (Phi) is 2.69. The van der Waals surface area contributed by atoms with E-state index in [4.69, 9.17) is 5.11 Å². The van der Waals surface area contributed by atoms with Crippen LogP contribution < -0.4 is 0 Å². The van der Waals surface area contributed by atoms with Crippen LogP contribution in [0.3, 0.4) is 0 Å². The SMILES string of the molecule is O=C(O)c1cc(F)cnc1-n1cc(Br)cn1. The van der Waals surface area contributed by atoms with Gasteiger partial charge in [0.1, 0.15) is 11.4 Å². The summed E-state index contributed by atoms with van der Waals surface area (Å²) in [6.07, 6.45) is 3.96. The Morgan fingerprint density at radius 1 is 1.50 bits per heavy atom. The Labute approximate surface area is 97.7 Å². The second-order valence-electron chi connectivity index (χ2n) is 2.93. The Bertz CT molecular complexity index is 555. The van der Waals surface area contributed by atoms with E-state index in [1.807, 2.05) is 0 Å². The molecule has 1 N–H and O–H groups in total. The largest absolute Gasteiger partial charge is 0.478 e. The Hall–Kier alpha value is -1.76. The second-order valence-corrected chi connectivity index (χ2v) is 3.85. The lowest BCUT2D eigenvalue weighted by Gasteiger charge is -2.04. The number of hydrogen-bond donors (Lipinski definition) is 1. The molecule has 0 radical (unpaired) electrons. The Morgan fingerprint density at radius 3 is 2.81 bits per heavy atom. The average molecular weight is 286 g/mol. The predicted molar refractivity (Wildman–Crippen MR) is 56.0 cm³/mol. The number of carboxylic acids is 1. The van der Waals surface area contributed by atoms with Crippen molar-refractivity contribution in [3.63, 3.8) is 0 Å². The van der Waals surface area contributed by atoms with Gasteiger partial charge in [-0.3, -0.25) is 0 Å². The maximum absolute atomic E-state index is 12.9. The molecule has 0 spiro atoms. The molecule has 2 aromatic heterocycles. The molecule has 5 nitrogen and oxygen atoms in total. The number of rotatable bonds is 2. The number of nitrogens with zero attached hydrogens (tertiary/aromatic N) is 3. The molecule has 0 bridgehead atoms. The first-order chi connectivity index (χ1) is 7.58. The summed E-state index contributed by atoms with van der Waals surface area (Å²) in [5.74, 6) is -1.89. The minimum absolute atomic E-state index is 0.0691. The van der Waals surface area contributed by atoms with Gasteiger partial charge in [0.05, 0.1) is 16.9 Å².